The summed E-state index contributed by atoms with van der Waals surface area (Å²) in [7, 11) is 4.99. The summed E-state index contributed by atoms with van der Waals surface area (Å²) < 4.78 is 16.2. The second-order valence-corrected chi connectivity index (χ2v) is 7.93. The molecule has 0 atom stereocenters. The van der Waals surface area contributed by atoms with Crippen LogP contribution < -0.4 is 24.4 Å². The second kappa shape index (κ2) is 13.3. The van der Waals surface area contributed by atoms with Crippen molar-refractivity contribution >= 4 is 30.5 Å². The molecule has 0 unspecified atom stereocenters. The zero-order valence-corrected chi connectivity index (χ0v) is 21.5. The van der Waals surface area contributed by atoms with E-state index in [9.17, 15) is 0 Å². The molecule has 0 bridgehead atoms. The number of nitrogens with zero attached hydrogens (tertiary/aromatic N) is 2. The van der Waals surface area contributed by atoms with Crippen LogP contribution in [0.3, 0.4) is 0 Å². The number of piperidine rings is 1. The van der Waals surface area contributed by atoms with Gasteiger partial charge in [-0.2, -0.15) is 0 Å². The normalized spacial score (nSPS) is 13.3. The number of pyridine rings is 1. The largest absolute Gasteiger partial charge is 0.497 e. The summed E-state index contributed by atoms with van der Waals surface area (Å²) in [6.45, 7) is 2.91. The third kappa shape index (κ3) is 6.47. The fraction of sp³-hybridized carbons (Fsp3) is 0.346. The Bertz CT molecular complexity index is 1030. The lowest BCUT2D eigenvalue weighted by Crippen LogP contribution is -2.43. The van der Waals surface area contributed by atoms with E-state index in [1.165, 1.54) is 11.3 Å². The number of rotatable bonds is 8. The molecule has 0 saturated carbocycles. The molecule has 1 aliphatic heterocycles. The highest BCUT2D eigenvalue weighted by molar-refractivity contribution is 5.85. The molecule has 1 saturated heterocycles. The Balaban J connectivity index is 0.00000204. The van der Waals surface area contributed by atoms with Gasteiger partial charge in [0.25, 0.3) is 0 Å². The molecular weight excluding hydrogens is 473 g/mol. The van der Waals surface area contributed by atoms with E-state index in [1.54, 1.807) is 21.3 Å². The van der Waals surface area contributed by atoms with Gasteiger partial charge in [-0.25, -0.2) is 0 Å². The van der Waals surface area contributed by atoms with Gasteiger partial charge < -0.3 is 24.4 Å². The number of methoxy groups -OCH3 is 3. The number of anilines is 1. The van der Waals surface area contributed by atoms with E-state index < -0.39 is 0 Å². The van der Waals surface area contributed by atoms with Gasteiger partial charge in [0.05, 0.1) is 27.0 Å². The maximum absolute atomic E-state index is 5.47. The van der Waals surface area contributed by atoms with Crippen molar-refractivity contribution in [1.82, 2.24) is 10.3 Å². The first-order chi connectivity index (χ1) is 15.7. The fourth-order valence-electron chi connectivity index (χ4n) is 4.25. The van der Waals surface area contributed by atoms with Gasteiger partial charge in [-0.1, -0.05) is 0 Å². The van der Waals surface area contributed by atoms with Gasteiger partial charge in [0, 0.05) is 30.0 Å². The molecule has 1 fully saturated rings. The lowest BCUT2D eigenvalue weighted by molar-refractivity contribution is 0.355. The quantitative estimate of drug-likeness (QED) is 0.443. The summed E-state index contributed by atoms with van der Waals surface area (Å²) in [4.78, 5) is 7.12. The number of hydrogen-bond donors (Lipinski definition) is 1. The van der Waals surface area contributed by atoms with Crippen molar-refractivity contribution in [2.75, 3.05) is 39.3 Å². The Morgan fingerprint density at radius 3 is 2.21 bits per heavy atom. The van der Waals surface area contributed by atoms with E-state index in [1.807, 2.05) is 36.5 Å². The maximum atomic E-state index is 5.47. The molecule has 3 aromatic rings. The van der Waals surface area contributed by atoms with Crippen LogP contribution in [0.5, 0.6) is 17.2 Å². The summed E-state index contributed by atoms with van der Waals surface area (Å²) >= 11 is 0. The van der Waals surface area contributed by atoms with Crippen LogP contribution in [0.2, 0.25) is 0 Å². The molecular formula is C26H33Cl2N3O3. The minimum Gasteiger partial charge on any atom is -0.497 e. The van der Waals surface area contributed by atoms with Crippen LogP contribution in [0.4, 0.5) is 5.69 Å². The van der Waals surface area contributed by atoms with Gasteiger partial charge in [0.15, 0.2) is 11.5 Å². The minimum absolute atomic E-state index is 0. The van der Waals surface area contributed by atoms with Gasteiger partial charge in [-0.05, 0) is 86.1 Å². The molecule has 1 aliphatic rings. The van der Waals surface area contributed by atoms with Crippen LogP contribution in [0.1, 0.15) is 18.4 Å². The molecule has 0 amide bonds. The summed E-state index contributed by atoms with van der Waals surface area (Å²) in [6.07, 6.45) is 4.13. The van der Waals surface area contributed by atoms with E-state index in [-0.39, 0.29) is 24.8 Å². The lowest BCUT2D eigenvalue weighted by atomic mass is 10.0. The highest BCUT2D eigenvalue weighted by Crippen LogP contribution is 2.32. The molecule has 0 spiro atoms. The zero-order chi connectivity index (χ0) is 22.3. The minimum atomic E-state index is 0. The van der Waals surface area contributed by atoms with Crippen molar-refractivity contribution in [2.24, 2.45) is 0 Å². The zero-order valence-electron chi connectivity index (χ0n) is 19.8. The average molecular weight is 506 g/mol. The van der Waals surface area contributed by atoms with Crippen molar-refractivity contribution in [2.45, 2.75) is 25.4 Å². The Kier molecular flexibility index (Phi) is 10.8. The standard InChI is InChI=1S/C26H31N3O3.2ClH/c1-30-23-7-5-21(6-8-23)29(22-11-13-27-14-12-22)18-19-10-15-28-24(16-19)20-4-9-25(31-2)26(17-20)32-3;;/h4-10,15-17,22,27H,11-14,18H2,1-3H3;2*1H. The summed E-state index contributed by atoms with van der Waals surface area (Å²) in [5.41, 5.74) is 4.35. The number of benzene rings is 2. The van der Waals surface area contributed by atoms with Gasteiger partial charge >= 0.3 is 0 Å². The van der Waals surface area contributed by atoms with Crippen molar-refractivity contribution in [3.8, 4) is 28.5 Å². The second-order valence-electron chi connectivity index (χ2n) is 7.93. The van der Waals surface area contributed by atoms with Gasteiger partial charge in [0.1, 0.15) is 5.75 Å². The van der Waals surface area contributed by atoms with Crippen LogP contribution in [-0.4, -0.2) is 45.4 Å². The first-order valence-electron chi connectivity index (χ1n) is 11.0. The van der Waals surface area contributed by atoms with Gasteiger partial charge in [0.2, 0.25) is 0 Å². The number of aromatic nitrogens is 1. The highest BCUT2D eigenvalue weighted by Gasteiger charge is 2.22. The summed E-state index contributed by atoms with van der Waals surface area (Å²) in [5.74, 6) is 2.29. The fourth-order valence-corrected chi connectivity index (χ4v) is 4.25. The summed E-state index contributed by atoms with van der Waals surface area (Å²) in [5, 5.41) is 3.48. The Hall–Kier alpha value is -2.67. The number of ether oxygens (including phenoxy) is 3. The van der Waals surface area contributed by atoms with Crippen LogP contribution >= 0.6 is 24.8 Å². The molecule has 1 N–H and O–H groups in total. The van der Waals surface area contributed by atoms with E-state index >= 15 is 0 Å². The van der Waals surface area contributed by atoms with Gasteiger partial charge in [-0.3, -0.25) is 4.98 Å². The van der Waals surface area contributed by atoms with Crippen molar-refractivity contribution in [3.63, 3.8) is 0 Å². The first kappa shape index (κ1) is 27.6. The molecule has 0 aliphatic carbocycles. The number of halogens is 2. The van der Waals surface area contributed by atoms with Crippen molar-refractivity contribution in [1.29, 1.82) is 0 Å². The molecule has 2 heterocycles. The predicted octanol–water partition coefficient (Wildman–Crippen LogP) is 5.38. The Labute approximate surface area is 214 Å². The SMILES string of the molecule is COc1ccc(N(Cc2ccnc(-c3ccc(OC)c(OC)c3)c2)C2CCNCC2)cc1.Cl.Cl. The molecule has 2 aromatic carbocycles. The third-order valence-corrected chi connectivity index (χ3v) is 6.01. The summed E-state index contributed by atoms with van der Waals surface area (Å²) in [6, 6.07) is 19.0. The molecule has 4 rings (SSSR count). The van der Waals surface area contributed by atoms with Crippen molar-refractivity contribution in [3.05, 3.63) is 66.4 Å². The molecule has 0 radical (unpaired) electrons. The molecule has 6 nitrogen and oxygen atoms in total. The maximum Gasteiger partial charge on any atom is 0.161 e. The van der Waals surface area contributed by atoms with E-state index in [2.05, 4.69) is 39.5 Å². The van der Waals surface area contributed by atoms with E-state index in [4.69, 9.17) is 14.2 Å². The van der Waals surface area contributed by atoms with Crippen LogP contribution in [0.25, 0.3) is 11.3 Å². The monoisotopic (exact) mass is 505 g/mol. The Morgan fingerprint density at radius 2 is 1.56 bits per heavy atom. The Morgan fingerprint density at radius 1 is 0.853 bits per heavy atom. The molecule has 184 valence electrons. The predicted molar refractivity (Wildman–Crippen MR) is 142 cm³/mol. The van der Waals surface area contributed by atoms with Crippen LogP contribution in [0.15, 0.2) is 60.8 Å². The molecule has 34 heavy (non-hydrogen) atoms. The van der Waals surface area contributed by atoms with Crippen LogP contribution in [-0.2, 0) is 6.54 Å². The number of hydrogen-bond acceptors (Lipinski definition) is 6. The number of nitrogens with one attached hydrogen (secondary N) is 1. The topological polar surface area (TPSA) is 55.9 Å². The average Bonchev–Trinajstić information content (AvgIpc) is 2.87. The first-order valence-corrected chi connectivity index (χ1v) is 11.0. The smallest absolute Gasteiger partial charge is 0.161 e. The van der Waals surface area contributed by atoms with E-state index in [0.717, 1.165) is 49.5 Å². The third-order valence-electron chi connectivity index (χ3n) is 6.01. The lowest BCUT2D eigenvalue weighted by Gasteiger charge is -2.36. The van der Waals surface area contributed by atoms with Crippen LogP contribution in [0, 0.1) is 0 Å². The molecule has 8 heteroatoms. The van der Waals surface area contributed by atoms with Crippen molar-refractivity contribution < 1.29 is 14.2 Å². The van der Waals surface area contributed by atoms with E-state index in [0.29, 0.717) is 17.5 Å². The molecule has 1 aromatic heterocycles. The highest BCUT2D eigenvalue weighted by atomic mass is 35.5. The van der Waals surface area contributed by atoms with Gasteiger partial charge in [-0.15, -0.1) is 24.8 Å².